The molecule has 0 aliphatic carbocycles. The molecule has 0 saturated heterocycles. The van der Waals surface area contributed by atoms with Crippen molar-refractivity contribution >= 4 is 5.91 Å². The number of nitrogens with one attached hydrogen (secondary N) is 2. The van der Waals surface area contributed by atoms with Gasteiger partial charge in [0, 0.05) is 19.2 Å². The first-order valence-corrected chi connectivity index (χ1v) is 5.22. The predicted octanol–water partition coefficient (Wildman–Crippen LogP) is 0.921. The lowest BCUT2D eigenvalue weighted by molar-refractivity contribution is -0.122. The smallest absolute Gasteiger partial charge is 0.236 e. The Kier molecular flexibility index (Phi) is 4.61. The molecule has 0 spiro atoms. The van der Waals surface area contributed by atoms with Gasteiger partial charge in [-0.2, -0.15) is 5.26 Å². The van der Waals surface area contributed by atoms with E-state index in [0.717, 1.165) is 0 Å². The molecule has 0 saturated carbocycles. The molecule has 1 aromatic carbocycles. The molecule has 0 aliphatic heterocycles. The highest BCUT2D eigenvalue weighted by Crippen LogP contribution is 2.10. The summed E-state index contributed by atoms with van der Waals surface area (Å²) in [6.07, 6.45) is 0. The Balaban J connectivity index is 2.69. The summed E-state index contributed by atoms with van der Waals surface area (Å²) in [6, 6.07) is 5.67. The molecule has 2 N–H and O–H groups in total. The summed E-state index contributed by atoms with van der Waals surface area (Å²) in [5.41, 5.74) is 0.774. The predicted molar refractivity (Wildman–Crippen MR) is 61.5 cm³/mol. The number of nitrogens with zero attached hydrogens (tertiary/aromatic N) is 1. The molecule has 4 nitrogen and oxygen atoms in total. The van der Waals surface area contributed by atoms with E-state index in [0.29, 0.717) is 11.1 Å². The van der Waals surface area contributed by atoms with E-state index in [1.54, 1.807) is 6.92 Å². The average Bonchev–Trinajstić information content (AvgIpc) is 2.36. The number of nitriles is 1. The lowest BCUT2D eigenvalue weighted by Gasteiger charge is -2.12. The largest absolute Gasteiger partial charge is 0.358 e. The summed E-state index contributed by atoms with van der Waals surface area (Å²) in [5, 5.41) is 14.1. The van der Waals surface area contributed by atoms with E-state index in [1.165, 1.54) is 25.2 Å². The summed E-state index contributed by atoms with van der Waals surface area (Å²) >= 11 is 0. The summed E-state index contributed by atoms with van der Waals surface area (Å²) in [4.78, 5) is 11.2. The standard InChI is InChI=1S/C12H14FN3O/c1-8(12(17)15-2)16-7-10-5-9(6-14)3-4-11(10)13/h3-5,8,16H,7H2,1-2H3,(H,15,17). The van der Waals surface area contributed by atoms with Gasteiger partial charge < -0.3 is 10.6 Å². The second-order valence-electron chi connectivity index (χ2n) is 3.63. The fourth-order valence-corrected chi connectivity index (χ4v) is 1.35. The maximum absolute atomic E-state index is 13.4. The van der Waals surface area contributed by atoms with Crippen molar-refractivity contribution < 1.29 is 9.18 Å². The summed E-state index contributed by atoms with van der Waals surface area (Å²) in [6.45, 7) is 1.89. The van der Waals surface area contributed by atoms with Crippen LogP contribution >= 0.6 is 0 Å². The SMILES string of the molecule is CNC(=O)C(C)NCc1cc(C#N)ccc1F. The van der Waals surface area contributed by atoms with Crippen LogP contribution in [0.2, 0.25) is 0 Å². The van der Waals surface area contributed by atoms with Crippen LogP contribution in [0.15, 0.2) is 18.2 Å². The van der Waals surface area contributed by atoms with Crippen molar-refractivity contribution in [2.75, 3.05) is 7.05 Å². The summed E-state index contributed by atoms with van der Waals surface area (Å²) in [7, 11) is 1.54. The van der Waals surface area contributed by atoms with E-state index in [9.17, 15) is 9.18 Å². The number of likely N-dealkylation sites (N-methyl/N-ethyl adjacent to an activating group) is 1. The van der Waals surface area contributed by atoms with Gasteiger partial charge in [-0.15, -0.1) is 0 Å². The topological polar surface area (TPSA) is 64.9 Å². The summed E-state index contributed by atoms with van der Waals surface area (Å²) < 4.78 is 13.4. The fraction of sp³-hybridized carbons (Fsp3) is 0.333. The Labute approximate surface area is 99.4 Å². The van der Waals surface area contributed by atoms with Crippen molar-refractivity contribution in [2.45, 2.75) is 19.5 Å². The van der Waals surface area contributed by atoms with Crippen molar-refractivity contribution in [3.05, 3.63) is 35.1 Å². The zero-order valence-electron chi connectivity index (χ0n) is 9.75. The van der Waals surface area contributed by atoms with Gasteiger partial charge in [0.25, 0.3) is 0 Å². The molecule has 0 heterocycles. The van der Waals surface area contributed by atoms with Gasteiger partial charge in [0.05, 0.1) is 17.7 Å². The van der Waals surface area contributed by atoms with Gasteiger partial charge in [0.15, 0.2) is 0 Å². The van der Waals surface area contributed by atoms with Crippen LogP contribution in [0.5, 0.6) is 0 Å². The third-order valence-electron chi connectivity index (χ3n) is 2.41. The first-order chi connectivity index (χ1) is 8.08. The van der Waals surface area contributed by atoms with Crippen LogP contribution in [0.4, 0.5) is 4.39 Å². The summed E-state index contributed by atoms with van der Waals surface area (Å²) in [5.74, 6) is -0.553. The van der Waals surface area contributed by atoms with Crippen LogP contribution in [-0.4, -0.2) is 19.0 Å². The number of amides is 1. The quantitative estimate of drug-likeness (QED) is 0.815. The number of benzene rings is 1. The highest BCUT2D eigenvalue weighted by molar-refractivity contribution is 5.80. The molecule has 0 fully saturated rings. The molecule has 0 bridgehead atoms. The first-order valence-electron chi connectivity index (χ1n) is 5.22. The Hall–Kier alpha value is -1.93. The van der Waals surface area contributed by atoms with Gasteiger partial charge in [0.1, 0.15) is 5.82 Å². The zero-order chi connectivity index (χ0) is 12.8. The van der Waals surface area contributed by atoms with Crippen molar-refractivity contribution in [3.8, 4) is 6.07 Å². The van der Waals surface area contributed by atoms with E-state index in [2.05, 4.69) is 10.6 Å². The first kappa shape index (κ1) is 13.1. The van der Waals surface area contributed by atoms with Crippen LogP contribution in [0, 0.1) is 17.1 Å². The van der Waals surface area contributed by atoms with Crippen LogP contribution in [0.3, 0.4) is 0 Å². The second kappa shape index (κ2) is 5.97. The maximum atomic E-state index is 13.4. The third-order valence-corrected chi connectivity index (χ3v) is 2.41. The Morgan fingerprint density at radius 1 is 1.59 bits per heavy atom. The number of carbonyl (C=O) groups is 1. The van der Waals surface area contributed by atoms with Crippen LogP contribution < -0.4 is 10.6 Å². The molecular formula is C12H14FN3O. The highest BCUT2D eigenvalue weighted by Gasteiger charge is 2.11. The normalized spacial score (nSPS) is 11.6. The molecule has 0 aliphatic rings. The Morgan fingerprint density at radius 2 is 2.29 bits per heavy atom. The van der Waals surface area contributed by atoms with Crippen molar-refractivity contribution in [2.24, 2.45) is 0 Å². The van der Waals surface area contributed by atoms with Crippen LogP contribution in [-0.2, 0) is 11.3 Å². The molecule has 5 heteroatoms. The lowest BCUT2D eigenvalue weighted by Crippen LogP contribution is -2.40. The molecule has 17 heavy (non-hydrogen) atoms. The average molecular weight is 235 g/mol. The lowest BCUT2D eigenvalue weighted by atomic mass is 10.1. The van der Waals surface area contributed by atoms with Crippen LogP contribution in [0.25, 0.3) is 0 Å². The maximum Gasteiger partial charge on any atom is 0.236 e. The molecule has 0 aromatic heterocycles. The van der Waals surface area contributed by atoms with Crippen molar-refractivity contribution in [1.29, 1.82) is 5.26 Å². The van der Waals surface area contributed by atoms with E-state index in [4.69, 9.17) is 5.26 Å². The van der Waals surface area contributed by atoms with E-state index >= 15 is 0 Å². The number of rotatable bonds is 4. The van der Waals surface area contributed by atoms with Gasteiger partial charge in [-0.25, -0.2) is 4.39 Å². The number of carbonyl (C=O) groups excluding carboxylic acids is 1. The minimum absolute atomic E-state index is 0.165. The molecule has 1 unspecified atom stereocenters. The van der Waals surface area contributed by atoms with Gasteiger partial charge in [0.2, 0.25) is 5.91 Å². The van der Waals surface area contributed by atoms with Gasteiger partial charge in [-0.05, 0) is 25.1 Å². The molecule has 1 amide bonds. The molecule has 0 radical (unpaired) electrons. The van der Waals surface area contributed by atoms with Gasteiger partial charge >= 0.3 is 0 Å². The van der Waals surface area contributed by atoms with Crippen molar-refractivity contribution in [1.82, 2.24) is 10.6 Å². The fourth-order valence-electron chi connectivity index (χ4n) is 1.35. The molecule has 1 atom stereocenters. The molecular weight excluding hydrogens is 221 g/mol. The Morgan fingerprint density at radius 3 is 2.88 bits per heavy atom. The highest BCUT2D eigenvalue weighted by atomic mass is 19.1. The number of hydrogen-bond donors (Lipinski definition) is 2. The number of hydrogen-bond acceptors (Lipinski definition) is 3. The van der Waals surface area contributed by atoms with Gasteiger partial charge in [-0.3, -0.25) is 4.79 Å². The number of halogens is 1. The van der Waals surface area contributed by atoms with E-state index < -0.39 is 6.04 Å². The Bertz CT molecular complexity index is 454. The van der Waals surface area contributed by atoms with E-state index in [1.807, 2.05) is 6.07 Å². The minimum atomic E-state index is -0.412. The molecule has 1 aromatic rings. The van der Waals surface area contributed by atoms with Crippen LogP contribution in [0.1, 0.15) is 18.1 Å². The van der Waals surface area contributed by atoms with Crippen molar-refractivity contribution in [3.63, 3.8) is 0 Å². The van der Waals surface area contributed by atoms with Gasteiger partial charge in [-0.1, -0.05) is 0 Å². The third kappa shape index (κ3) is 3.54. The molecule has 1 rings (SSSR count). The monoisotopic (exact) mass is 235 g/mol. The second-order valence-corrected chi connectivity index (χ2v) is 3.63. The van der Waals surface area contributed by atoms with E-state index in [-0.39, 0.29) is 18.3 Å². The minimum Gasteiger partial charge on any atom is -0.358 e. The zero-order valence-corrected chi connectivity index (χ0v) is 9.75. The molecule has 90 valence electrons.